The number of rotatable bonds is 9. The molecule has 1 aromatic heterocycles. The van der Waals surface area contributed by atoms with E-state index in [2.05, 4.69) is 20.6 Å². The van der Waals surface area contributed by atoms with Gasteiger partial charge in [-0.15, -0.1) is 24.0 Å². The summed E-state index contributed by atoms with van der Waals surface area (Å²) in [5.74, 6) is 3.07. The van der Waals surface area contributed by atoms with Crippen molar-refractivity contribution in [2.75, 3.05) is 35.0 Å². The van der Waals surface area contributed by atoms with Crippen molar-refractivity contribution in [3.63, 3.8) is 0 Å². The molecule has 9 heteroatoms. The average molecular weight is 516 g/mol. The Bertz CT molecular complexity index is 760. The van der Waals surface area contributed by atoms with Gasteiger partial charge < -0.3 is 29.6 Å². The van der Waals surface area contributed by atoms with Crippen molar-refractivity contribution in [2.45, 2.75) is 20.0 Å². The van der Waals surface area contributed by atoms with E-state index in [9.17, 15) is 0 Å². The first-order valence-corrected chi connectivity index (χ1v) is 8.95. The summed E-state index contributed by atoms with van der Waals surface area (Å²) >= 11 is 0. The highest BCUT2D eigenvalue weighted by atomic mass is 127. The number of aromatic nitrogens is 1. The monoisotopic (exact) mass is 516 g/mol. The zero-order chi connectivity index (χ0) is 20.4. The van der Waals surface area contributed by atoms with Gasteiger partial charge in [0, 0.05) is 25.4 Å². The number of hydrogen-bond donors (Lipinski definition) is 2. The Morgan fingerprint density at radius 3 is 2.10 bits per heavy atom. The Labute approximate surface area is 189 Å². The molecule has 2 rings (SSSR count). The van der Waals surface area contributed by atoms with Crippen molar-refractivity contribution in [2.24, 2.45) is 4.99 Å². The first-order chi connectivity index (χ1) is 13.6. The SMILES string of the molecule is CCNC(=NCc1cc(OC)c(OC)c(OC)c1)NCc1ccc(OC)nc1.I. The van der Waals surface area contributed by atoms with Crippen LogP contribution in [0.2, 0.25) is 0 Å². The van der Waals surface area contributed by atoms with Crippen LogP contribution in [0, 0.1) is 0 Å². The maximum Gasteiger partial charge on any atom is 0.212 e. The molecular formula is C20H29IN4O4. The van der Waals surface area contributed by atoms with E-state index in [1.165, 1.54) is 0 Å². The lowest BCUT2D eigenvalue weighted by molar-refractivity contribution is 0.324. The lowest BCUT2D eigenvalue weighted by Crippen LogP contribution is -2.36. The van der Waals surface area contributed by atoms with Crippen molar-refractivity contribution in [1.29, 1.82) is 0 Å². The normalized spacial score (nSPS) is 10.6. The first-order valence-electron chi connectivity index (χ1n) is 8.95. The number of guanidine groups is 1. The molecule has 29 heavy (non-hydrogen) atoms. The third-order valence-electron chi connectivity index (χ3n) is 3.96. The number of nitrogens with one attached hydrogen (secondary N) is 2. The van der Waals surface area contributed by atoms with Gasteiger partial charge in [-0.05, 0) is 30.2 Å². The van der Waals surface area contributed by atoms with Gasteiger partial charge >= 0.3 is 0 Å². The lowest BCUT2D eigenvalue weighted by Gasteiger charge is -2.14. The van der Waals surface area contributed by atoms with Crippen molar-refractivity contribution in [3.8, 4) is 23.1 Å². The predicted molar refractivity (Wildman–Crippen MR) is 124 cm³/mol. The van der Waals surface area contributed by atoms with E-state index in [1.807, 2.05) is 31.2 Å². The summed E-state index contributed by atoms with van der Waals surface area (Å²) in [6, 6.07) is 7.57. The lowest BCUT2D eigenvalue weighted by atomic mass is 10.2. The Kier molecular flexibility index (Phi) is 11.0. The molecule has 0 spiro atoms. The van der Waals surface area contributed by atoms with Crippen LogP contribution in [0.1, 0.15) is 18.1 Å². The van der Waals surface area contributed by atoms with E-state index in [0.29, 0.717) is 42.2 Å². The minimum Gasteiger partial charge on any atom is -0.493 e. The number of nitrogens with zero attached hydrogens (tertiary/aromatic N) is 2. The molecule has 0 aliphatic rings. The summed E-state index contributed by atoms with van der Waals surface area (Å²) in [6.07, 6.45) is 1.77. The Hall–Kier alpha value is -2.43. The molecule has 2 aromatic rings. The number of halogens is 1. The van der Waals surface area contributed by atoms with Gasteiger partial charge in [0.05, 0.1) is 35.0 Å². The minimum atomic E-state index is 0. The van der Waals surface area contributed by atoms with Gasteiger partial charge in [0.2, 0.25) is 11.6 Å². The van der Waals surface area contributed by atoms with E-state index >= 15 is 0 Å². The smallest absolute Gasteiger partial charge is 0.212 e. The largest absolute Gasteiger partial charge is 0.493 e. The van der Waals surface area contributed by atoms with Gasteiger partial charge in [0.1, 0.15) is 0 Å². The molecule has 1 aromatic carbocycles. The number of ether oxygens (including phenoxy) is 4. The summed E-state index contributed by atoms with van der Waals surface area (Å²) in [6.45, 7) is 3.82. The van der Waals surface area contributed by atoms with E-state index in [0.717, 1.165) is 17.7 Å². The zero-order valence-electron chi connectivity index (χ0n) is 17.4. The fourth-order valence-corrected chi connectivity index (χ4v) is 2.56. The van der Waals surface area contributed by atoms with Crippen LogP contribution < -0.4 is 29.6 Å². The molecule has 1 heterocycles. The third-order valence-corrected chi connectivity index (χ3v) is 3.96. The van der Waals surface area contributed by atoms with Crippen molar-refractivity contribution < 1.29 is 18.9 Å². The van der Waals surface area contributed by atoms with Gasteiger partial charge in [0.25, 0.3) is 0 Å². The number of aliphatic imine (C=N–C) groups is 1. The van der Waals surface area contributed by atoms with Crippen LogP contribution in [-0.2, 0) is 13.1 Å². The van der Waals surface area contributed by atoms with Crippen LogP contribution in [-0.4, -0.2) is 45.9 Å². The number of pyridine rings is 1. The van der Waals surface area contributed by atoms with E-state index < -0.39 is 0 Å². The summed E-state index contributed by atoms with van der Waals surface area (Å²) < 4.78 is 21.2. The van der Waals surface area contributed by atoms with Crippen LogP contribution in [0.25, 0.3) is 0 Å². The Morgan fingerprint density at radius 2 is 1.62 bits per heavy atom. The van der Waals surface area contributed by atoms with Crippen LogP contribution in [0.3, 0.4) is 0 Å². The first kappa shape index (κ1) is 24.6. The molecule has 0 radical (unpaired) electrons. The second-order valence-corrected chi connectivity index (χ2v) is 5.79. The van der Waals surface area contributed by atoms with Gasteiger partial charge in [-0.2, -0.15) is 0 Å². The second kappa shape index (κ2) is 12.9. The zero-order valence-corrected chi connectivity index (χ0v) is 19.8. The number of methoxy groups -OCH3 is 4. The van der Waals surface area contributed by atoms with Gasteiger partial charge in [0.15, 0.2) is 17.5 Å². The Balaban J connectivity index is 0.00000420. The highest BCUT2D eigenvalue weighted by Crippen LogP contribution is 2.38. The van der Waals surface area contributed by atoms with Crippen LogP contribution in [0.15, 0.2) is 35.5 Å². The van der Waals surface area contributed by atoms with Gasteiger partial charge in [-0.1, -0.05) is 6.07 Å². The summed E-state index contributed by atoms with van der Waals surface area (Å²) in [7, 11) is 6.37. The van der Waals surface area contributed by atoms with Crippen LogP contribution in [0.4, 0.5) is 0 Å². The summed E-state index contributed by atoms with van der Waals surface area (Å²) in [4.78, 5) is 8.84. The fourth-order valence-electron chi connectivity index (χ4n) is 2.56. The summed E-state index contributed by atoms with van der Waals surface area (Å²) in [5, 5.41) is 6.53. The molecule has 0 bridgehead atoms. The molecule has 0 aliphatic carbocycles. The number of hydrogen-bond acceptors (Lipinski definition) is 6. The van der Waals surface area contributed by atoms with E-state index in [1.54, 1.807) is 34.6 Å². The maximum atomic E-state index is 5.40. The minimum absolute atomic E-state index is 0. The van der Waals surface area contributed by atoms with Crippen LogP contribution in [0.5, 0.6) is 23.1 Å². The third kappa shape index (κ3) is 7.15. The fraction of sp³-hybridized carbons (Fsp3) is 0.400. The predicted octanol–water partition coefficient (Wildman–Crippen LogP) is 2.99. The average Bonchev–Trinajstić information content (AvgIpc) is 2.75. The standard InChI is InChI=1S/C20H28N4O4.HI/c1-6-21-20(23-12-14-7-8-18(27-4)22-11-14)24-13-15-9-16(25-2)19(28-5)17(10-15)26-3;/h7-11H,6,12-13H2,1-5H3,(H2,21,23,24);1H. The van der Waals surface area contributed by atoms with Crippen molar-refractivity contribution in [3.05, 3.63) is 41.6 Å². The molecule has 8 nitrogen and oxygen atoms in total. The topological polar surface area (TPSA) is 86.2 Å². The molecule has 160 valence electrons. The molecule has 0 aliphatic heterocycles. The maximum absolute atomic E-state index is 5.40. The molecule has 0 fully saturated rings. The molecule has 0 saturated carbocycles. The quantitative estimate of drug-likeness (QED) is 0.301. The van der Waals surface area contributed by atoms with Crippen LogP contribution >= 0.6 is 24.0 Å². The molecule has 0 saturated heterocycles. The highest BCUT2D eigenvalue weighted by Gasteiger charge is 2.13. The molecule has 0 unspecified atom stereocenters. The molecule has 2 N–H and O–H groups in total. The van der Waals surface area contributed by atoms with Gasteiger partial charge in [-0.25, -0.2) is 9.98 Å². The highest BCUT2D eigenvalue weighted by molar-refractivity contribution is 14.0. The van der Waals surface area contributed by atoms with E-state index in [4.69, 9.17) is 18.9 Å². The Morgan fingerprint density at radius 1 is 0.931 bits per heavy atom. The van der Waals surface area contributed by atoms with Crippen molar-refractivity contribution in [1.82, 2.24) is 15.6 Å². The molecule has 0 atom stereocenters. The number of benzene rings is 1. The van der Waals surface area contributed by atoms with Crippen molar-refractivity contribution >= 4 is 29.9 Å². The molecular weight excluding hydrogens is 487 g/mol. The van der Waals surface area contributed by atoms with E-state index in [-0.39, 0.29) is 24.0 Å². The van der Waals surface area contributed by atoms with Gasteiger partial charge in [-0.3, -0.25) is 0 Å². The summed E-state index contributed by atoms with van der Waals surface area (Å²) in [5.41, 5.74) is 1.97. The second-order valence-electron chi connectivity index (χ2n) is 5.79. The molecule has 0 amide bonds.